The summed E-state index contributed by atoms with van der Waals surface area (Å²) >= 11 is 0. The Kier molecular flexibility index (Phi) is 3.13. The monoisotopic (exact) mass is 209 g/mol. The highest BCUT2D eigenvalue weighted by atomic mass is 19.4. The van der Waals surface area contributed by atoms with Gasteiger partial charge in [-0.15, -0.1) is 0 Å². The molecule has 1 atom stereocenters. The average Bonchev–Trinajstić information content (AvgIpc) is 2.07. The Morgan fingerprint density at radius 2 is 2.00 bits per heavy atom. The summed E-state index contributed by atoms with van der Waals surface area (Å²) in [5.74, 6) is -2.34. The average molecular weight is 209 g/mol. The molecule has 1 aliphatic carbocycles. The van der Waals surface area contributed by atoms with Gasteiger partial charge in [-0.3, -0.25) is 9.59 Å². The highest BCUT2D eigenvalue weighted by Gasteiger charge is 2.40. The van der Waals surface area contributed by atoms with Gasteiger partial charge in [0.25, 0.3) is 0 Å². The van der Waals surface area contributed by atoms with E-state index in [1.807, 2.05) is 0 Å². The predicted octanol–water partition coefficient (Wildman–Crippen LogP) is 1.18. The molecule has 1 aliphatic rings. The number of carbonyl (C=O) groups is 2. The van der Waals surface area contributed by atoms with E-state index >= 15 is 0 Å². The minimum atomic E-state index is -4.91. The lowest BCUT2D eigenvalue weighted by Crippen LogP contribution is -2.47. The zero-order valence-corrected chi connectivity index (χ0v) is 7.36. The van der Waals surface area contributed by atoms with Gasteiger partial charge in [-0.25, -0.2) is 0 Å². The Morgan fingerprint density at radius 3 is 2.50 bits per heavy atom. The first-order valence-corrected chi connectivity index (χ1v) is 4.31. The van der Waals surface area contributed by atoms with Crippen LogP contribution in [0, 0.1) is 0 Å². The number of nitrogens with one attached hydrogen (secondary N) is 1. The fourth-order valence-corrected chi connectivity index (χ4v) is 1.38. The lowest BCUT2D eigenvalue weighted by Gasteiger charge is -2.21. The van der Waals surface area contributed by atoms with Crippen molar-refractivity contribution in [2.45, 2.75) is 37.9 Å². The van der Waals surface area contributed by atoms with Gasteiger partial charge in [0.05, 0.1) is 6.04 Å². The predicted molar refractivity (Wildman–Crippen MR) is 41.5 cm³/mol. The molecule has 80 valence electrons. The van der Waals surface area contributed by atoms with Crippen LogP contribution in [0.25, 0.3) is 0 Å². The van der Waals surface area contributed by atoms with Crippen LogP contribution in [-0.4, -0.2) is 23.9 Å². The topological polar surface area (TPSA) is 46.2 Å². The molecule has 0 radical (unpaired) electrons. The van der Waals surface area contributed by atoms with Crippen LogP contribution in [-0.2, 0) is 9.59 Å². The third-order valence-corrected chi connectivity index (χ3v) is 2.12. The Balaban J connectivity index is 2.51. The first-order chi connectivity index (χ1) is 6.41. The van der Waals surface area contributed by atoms with E-state index < -0.39 is 18.1 Å². The largest absolute Gasteiger partial charge is 0.471 e. The number of carbonyl (C=O) groups excluding carboxylic acids is 2. The SMILES string of the molecule is O=C1CCCCC1NC(=O)C(F)(F)F. The second-order valence-corrected chi connectivity index (χ2v) is 3.24. The molecule has 3 nitrogen and oxygen atoms in total. The molecule has 14 heavy (non-hydrogen) atoms. The van der Waals surface area contributed by atoms with E-state index in [4.69, 9.17) is 0 Å². The number of hydrogen-bond acceptors (Lipinski definition) is 2. The molecule has 6 heteroatoms. The molecule has 1 amide bonds. The van der Waals surface area contributed by atoms with Gasteiger partial charge in [0.1, 0.15) is 0 Å². The van der Waals surface area contributed by atoms with E-state index in [9.17, 15) is 22.8 Å². The zero-order chi connectivity index (χ0) is 10.8. The van der Waals surface area contributed by atoms with Crippen LogP contribution in [0.3, 0.4) is 0 Å². The van der Waals surface area contributed by atoms with E-state index in [2.05, 4.69) is 0 Å². The maximum absolute atomic E-state index is 11.8. The first-order valence-electron chi connectivity index (χ1n) is 4.31. The first kappa shape index (κ1) is 11.0. The molecule has 1 saturated carbocycles. The summed E-state index contributed by atoms with van der Waals surface area (Å²) in [5, 5.41) is 1.70. The van der Waals surface area contributed by atoms with Crippen molar-refractivity contribution in [2.24, 2.45) is 0 Å². The minimum absolute atomic E-state index is 0.253. The second-order valence-electron chi connectivity index (χ2n) is 3.24. The van der Waals surface area contributed by atoms with E-state index in [0.717, 1.165) is 0 Å². The minimum Gasteiger partial charge on any atom is -0.338 e. The van der Waals surface area contributed by atoms with Crippen molar-refractivity contribution in [1.29, 1.82) is 0 Å². The van der Waals surface area contributed by atoms with Gasteiger partial charge < -0.3 is 5.32 Å². The quantitative estimate of drug-likeness (QED) is 0.704. The van der Waals surface area contributed by atoms with Gasteiger partial charge in [0.2, 0.25) is 0 Å². The van der Waals surface area contributed by atoms with Crippen molar-refractivity contribution in [3.63, 3.8) is 0 Å². The summed E-state index contributed by atoms with van der Waals surface area (Å²) in [4.78, 5) is 21.6. The lowest BCUT2D eigenvalue weighted by atomic mass is 9.94. The molecular weight excluding hydrogens is 199 g/mol. The Hall–Kier alpha value is -1.07. The van der Waals surface area contributed by atoms with Crippen LogP contribution in [0.5, 0.6) is 0 Å². The molecule has 0 bridgehead atoms. The maximum atomic E-state index is 11.8. The van der Waals surface area contributed by atoms with Crippen molar-refractivity contribution in [1.82, 2.24) is 5.32 Å². The van der Waals surface area contributed by atoms with Gasteiger partial charge in [-0.1, -0.05) is 6.42 Å². The fraction of sp³-hybridized carbons (Fsp3) is 0.750. The molecule has 0 aromatic carbocycles. The van der Waals surface area contributed by atoms with Crippen LogP contribution in [0.15, 0.2) is 0 Å². The number of hydrogen-bond donors (Lipinski definition) is 1. The number of alkyl halides is 3. The van der Waals surface area contributed by atoms with Crippen LogP contribution < -0.4 is 5.32 Å². The maximum Gasteiger partial charge on any atom is 0.471 e. The Morgan fingerprint density at radius 1 is 1.36 bits per heavy atom. The Bertz CT molecular complexity index is 249. The second kappa shape index (κ2) is 3.98. The van der Waals surface area contributed by atoms with Gasteiger partial charge >= 0.3 is 12.1 Å². The molecule has 1 unspecified atom stereocenters. The standard InChI is InChI=1S/C8H10F3NO2/c9-8(10,11)7(14)12-5-3-1-2-4-6(5)13/h5H,1-4H2,(H,12,14). The summed E-state index contributed by atoms with van der Waals surface area (Å²) in [5.41, 5.74) is 0. The number of ketones is 1. The molecule has 0 heterocycles. The van der Waals surface area contributed by atoms with Gasteiger partial charge in [0, 0.05) is 6.42 Å². The highest BCUT2D eigenvalue weighted by molar-refractivity contribution is 5.91. The summed E-state index contributed by atoms with van der Waals surface area (Å²) in [6, 6.07) is -0.946. The summed E-state index contributed by atoms with van der Waals surface area (Å²) in [6.07, 6.45) is -2.98. The number of Topliss-reactive ketones (excluding diaryl/α,β-unsaturated/α-hetero) is 1. The van der Waals surface area contributed by atoms with E-state index in [0.29, 0.717) is 19.3 Å². The third kappa shape index (κ3) is 2.71. The Labute approximate surface area is 78.7 Å². The molecule has 0 saturated heterocycles. The molecule has 1 fully saturated rings. The number of rotatable bonds is 1. The molecule has 1 N–H and O–H groups in total. The van der Waals surface area contributed by atoms with Crippen LogP contribution in [0.4, 0.5) is 13.2 Å². The van der Waals surface area contributed by atoms with Crippen molar-refractivity contribution in [3.05, 3.63) is 0 Å². The summed E-state index contributed by atoms with van der Waals surface area (Å²) in [6.45, 7) is 0. The molecule has 0 spiro atoms. The molecule has 0 aromatic rings. The normalized spacial score (nSPS) is 23.4. The smallest absolute Gasteiger partial charge is 0.338 e. The molecule has 0 aliphatic heterocycles. The van der Waals surface area contributed by atoms with Crippen molar-refractivity contribution in [3.8, 4) is 0 Å². The number of halogens is 3. The lowest BCUT2D eigenvalue weighted by molar-refractivity contribution is -0.174. The van der Waals surface area contributed by atoms with Crippen molar-refractivity contribution >= 4 is 11.7 Å². The van der Waals surface area contributed by atoms with Crippen LogP contribution >= 0.6 is 0 Å². The van der Waals surface area contributed by atoms with Gasteiger partial charge in [-0.2, -0.15) is 13.2 Å². The van der Waals surface area contributed by atoms with Crippen molar-refractivity contribution in [2.75, 3.05) is 0 Å². The highest BCUT2D eigenvalue weighted by Crippen LogP contribution is 2.18. The van der Waals surface area contributed by atoms with Crippen LogP contribution in [0.2, 0.25) is 0 Å². The van der Waals surface area contributed by atoms with E-state index in [1.165, 1.54) is 0 Å². The summed E-state index contributed by atoms with van der Waals surface area (Å²) in [7, 11) is 0. The summed E-state index contributed by atoms with van der Waals surface area (Å²) < 4.78 is 35.4. The third-order valence-electron chi connectivity index (χ3n) is 2.12. The van der Waals surface area contributed by atoms with Gasteiger partial charge in [-0.05, 0) is 12.8 Å². The van der Waals surface area contributed by atoms with E-state index in [-0.39, 0.29) is 12.2 Å². The van der Waals surface area contributed by atoms with Crippen LogP contribution in [0.1, 0.15) is 25.7 Å². The number of amides is 1. The molecule has 0 aromatic heterocycles. The molecule has 1 rings (SSSR count). The van der Waals surface area contributed by atoms with Gasteiger partial charge in [0.15, 0.2) is 5.78 Å². The van der Waals surface area contributed by atoms with E-state index in [1.54, 1.807) is 5.32 Å². The molecular formula is C8H10F3NO2. The fourth-order valence-electron chi connectivity index (χ4n) is 1.38. The van der Waals surface area contributed by atoms with Crippen molar-refractivity contribution < 1.29 is 22.8 Å². The zero-order valence-electron chi connectivity index (χ0n) is 7.36.